The Labute approximate surface area is 185 Å². The van der Waals surface area contributed by atoms with Crippen LogP contribution < -0.4 is 4.90 Å². The summed E-state index contributed by atoms with van der Waals surface area (Å²) in [6.45, 7) is 2.52. The van der Waals surface area contributed by atoms with E-state index in [2.05, 4.69) is 10.1 Å². The molecule has 32 heavy (non-hydrogen) atoms. The molecular weight excluding hydrogens is 449 g/mol. The Morgan fingerprint density at radius 3 is 2.62 bits per heavy atom. The first-order chi connectivity index (χ1) is 15.1. The Kier molecular flexibility index (Phi) is 5.58. The van der Waals surface area contributed by atoms with Crippen molar-refractivity contribution >= 4 is 40.3 Å². The minimum absolute atomic E-state index is 0.193. The van der Waals surface area contributed by atoms with E-state index in [4.69, 9.17) is 11.6 Å². The second-order valence-electron chi connectivity index (χ2n) is 7.73. The molecule has 7 nitrogen and oxygen atoms in total. The number of rotatable bonds is 3. The van der Waals surface area contributed by atoms with Crippen LogP contribution in [0, 0.1) is 11.8 Å². The number of carbonyl (C=O) groups is 2. The highest BCUT2D eigenvalue weighted by molar-refractivity contribution is 6.34. The van der Waals surface area contributed by atoms with Crippen molar-refractivity contribution in [3.63, 3.8) is 0 Å². The molecular formula is C21H18ClF3N4O3. The molecule has 4 rings (SSSR count). The summed E-state index contributed by atoms with van der Waals surface area (Å²) < 4.78 is 41.5. The molecule has 1 aliphatic heterocycles. The Hall–Kier alpha value is -3.14. The van der Waals surface area contributed by atoms with Crippen molar-refractivity contribution in [1.29, 1.82) is 0 Å². The fourth-order valence-corrected chi connectivity index (χ4v) is 4.35. The van der Waals surface area contributed by atoms with Crippen LogP contribution in [-0.4, -0.2) is 44.8 Å². The highest BCUT2D eigenvalue weighted by atomic mass is 35.5. The average molecular weight is 467 g/mol. The molecule has 3 aromatic rings. The number of fused-ring (bicyclic) bond motifs is 1. The van der Waals surface area contributed by atoms with E-state index in [-0.39, 0.29) is 16.5 Å². The SMILES string of the molecule is C[C@H]1CN(c2nn(C(=O)c3c(Cl)cccc3C(F)(F)F)c3cccnc23)CC[C@H]1C(=O)O. The number of aliphatic carboxylic acids is 1. The van der Waals surface area contributed by atoms with E-state index in [1.54, 1.807) is 11.0 Å². The molecule has 0 aliphatic carbocycles. The topological polar surface area (TPSA) is 88.3 Å². The monoisotopic (exact) mass is 466 g/mol. The van der Waals surface area contributed by atoms with E-state index < -0.39 is 35.1 Å². The molecule has 1 aromatic carbocycles. The summed E-state index contributed by atoms with van der Waals surface area (Å²) >= 11 is 6.01. The fraction of sp³-hybridized carbons (Fsp3) is 0.333. The molecule has 168 valence electrons. The van der Waals surface area contributed by atoms with Gasteiger partial charge < -0.3 is 10.0 Å². The molecule has 1 aliphatic rings. The number of aromatic nitrogens is 3. The number of hydrogen-bond acceptors (Lipinski definition) is 5. The molecule has 2 atom stereocenters. The van der Waals surface area contributed by atoms with Gasteiger partial charge in [-0.3, -0.25) is 14.6 Å². The predicted octanol–water partition coefficient (Wildman–Crippen LogP) is 4.34. The quantitative estimate of drug-likeness (QED) is 0.618. The van der Waals surface area contributed by atoms with Crippen molar-refractivity contribution in [2.24, 2.45) is 11.8 Å². The van der Waals surface area contributed by atoms with Crippen molar-refractivity contribution < 1.29 is 27.9 Å². The average Bonchev–Trinajstić information content (AvgIpc) is 3.12. The van der Waals surface area contributed by atoms with E-state index >= 15 is 0 Å². The maximum atomic E-state index is 13.6. The number of carboxylic acids is 1. The summed E-state index contributed by atoms with van der Waals surface area (Å²) in [6, 6.07) is 6.22. The Balaban J connectivity index is 1.80. The third kappa shape index (κ3) is 3.79. The third-order valence-electron chi connectivity index (χ3n) is 5.67. The number of carbonyl (C=O) groups excluding carboxylic acids is 1. The number of piperidine rings is 1. The van der Waals surface area contributed by atoms with Crippen molar-refractivity contribution in [2.45, 2.75) is 19.5 Å². The van der Waals surface area contributed by atoms with E-state index in [1.165, 1.54) is 18.3 Å². The number of nitrogens with zero attached hydrogens (tertiary/aromatic N) is 4. The van der Waals surface area contributed by atoms with Gasteiger partial charge in [0.05, 0.1) is 27.6 Å². The number of halogens is 4. The summed E-state index contributed by atoms with van der Waals surface area (Å²) in [4.78, 5) is 30.7. The Morgan fingerprint density at radius 1 is 1.22 bits per heavy atom. The molecule has 1 N–H and O–H groups in total. The molecule has 0 spiro atoms. The molecule has 3 heterocycles. The summed E-state index contributed by atoms with van der Waals surface area (Å²) in [6.07, 6.45) is -2.92. The normalized spacial score (nSPS) is 19.3. The lowest BCUT2D eigenvalue weighted by atomic mass is 9.87. The van der Waals surface area contributed by atoms with Crippen molar-refractivity contribution in [2.75, 3.05) is 18.0 Å². The lowest BCUT2D eigenvalue weighted by Crippen LogP contribution is -2.42. The number of carboxylic acid groups (broad SMARTS) is 1. The zero-order valence-electron chi connectivity index (χ0n) is 16.8. The first-order valence-electron chi connectivity index (χ1n) is 9.81. The Morgan fingerprint density at radius 2 is 1.97 bits per heavy atom. The molecule has 11 heteroatoms. The largest absolute Gasteiger partial charge is 0.481 e. The molecule has 1 fully saturated rings. The molecule has 0 radical (unpaired) electrons. The molecule has 0 unspecified atom stereocenters. The number of benzene rings is 1. The van der Waals surface area contributed by atoms with Crippen LogP contribution >= 0.6 is 11.6 Å². The minimum atomic E-state index is -4.78. The van der Waals surface area contributed by atoms with Crippen LogP contribution in [0.15, 0.2) is 36.5 Å². The zero-order chi connectivity index (χ0) is 23.2. The van der Waals surface area contributed by atoms with Crippen LogP contribution in [0.1, 0.15) is 29.3 Å². The van der Waals surface area contributed by atoms with E-state index in [9.17, 15) is 27.9 Å². The fourth-order valence-electron chi connectivity index (χ4n) is 4.09. The highest BCUT2D eigenvalue weighted by Crippen LogP contribution is 2.37. The van der Waals surface area contributed by atoms with Crippen LogP contribution in [0.4, 0.5) is 19.0 Å². The van der Waals surface area contributed by atoms with Gasteiger partial charge in [0.1, 0.15) is 5.52 Å². The van der Waals surface area contributed by atoms with Gasteiger partial charge in [-0.25, -0.2) is 0 Å². The van der Waals surface area contributed by atoms with Crippen LogP contribution in [0.3, 0.4) is 0 Å². The molecule has 2 aromatic heterocycles. The van der Waals surface area contributed by atoms with Crippen LogP contribution in [0.5, 0.6) is 0 Å². The molecule has 0 bridgehead atoms. The van der Waals surface area contributed by atoms with Gasteiger partial charge in [-0.2, -0.15) is 17.9 Å². The van der Waals surface area contributed by atoms with Gasteiger partial charge in [0.25, 0.3) is 5.91 Å². The van der Waals surface area contributed by atoms with Gasteiger partial charge in [-0.05, 0) is 36.6 Å². The third-order valence-corrected chi connectivity index (χ3v) is 5.98. The van der Waals surface area contributed by atoms with E-state index in [0.717, 1.165) is 16.8 Å². The Bertz CT molecular complexity index is 1210. The lowest BCUT2D eigenvalue weighted by Gasteiger charge is -2.35. The summed E-state index contributed by atoms with van der Waals surface area (Å²) in [5.74, 6) is -2.29. The number of anilines is 1. The smallest absolute Gasteiger partial charge is 0.417 e. The van der Waals surface area contributed by atoms with Crippen molar-refractivity contribution in [3.05, 3.63) is 52.7 Å². The first kappa shape index (κ1) is 22.1. The van der Waals surface area contributed by atoms with E-state index in [0.29, 0.717) is 30.8 Å². The number of hydrogen-bond donors (Lipinski definition) is 1. The maximum Gasteiger partial charge on any atom is 0.417 e. The molecule has 0 amide bonds. The van der Waals surface area contributed by atoms with Crippen molar-refractivity contribution in [3.8, 4) is 0 Å². The lowest BCUT2D eigenvalue weighted by molar-refractivity contribution is -0.144. The van der Waals surface area contributed by atoms with Crippen LogP contribution in [0.2, 0.25) is 5.02 Å². The van der Waals surface area contributed by atoms with Gasteiger partial charge in [0, 0.05) is 19.3 Å². The van der Waals surface area contributed by atoms with E-state index in [1.807, 2.05) is 6.92 Å². The van der Waals surface area contributed by atoms with Gasteiger partial charge >= 0.3 is 12.1 Å². The number of alkyl halides is 3. The summed E-state index contributed by atoms with van der Waals surface area (Å²) in [5.41, 5.74) is -1.28. The van der Waals surface area contributed by atoms with Crippen LogP contribution in [-0.2, 0) is 11.0 Å². The molecule has 0 saturated carbocycles. The maximum absolute atomic E-state index is 13.6. The second-order valence-corrected chi connectivity index (χ2v) is 8.14. The van der Waals surface area contributed by atoms with Crippen LogP contribution in [0.25, 0.3) is 11.0 Å². The molecule has 1 saturated heterocycles. The van der Waals surface area contributed by atoms with Gasteiger partial charge in [-0.1, -0.05) is 24.6 Å². The first-order valence-corrected chi connectivity index (χ1v) is 10.2. The van der Waals surface area contributed by atoms with Gasteiger partial charge in [0.2, 0.25) is 0 Å². The summed E-state index contributed by atoms with van der Waals surface area (Å²) in [7, 11) is 0. The zero-order valence-corrected chi connectivity index (χ0v) is 17.6. The standard InChI is InChI=1S/C21H18ClF3N4O3/c1-11-10-28(9-7-12(11)20(31)32)18-17-15(6-3-8-26-17)29(27-18)19(30)16-13(21(23,24)25)4-2-5-14(16)22/h2-6,8,11-12H,7,9-10H2,1H3,(H,31,32)/t11-,12+/m0/s1. The van der Waals surface area contributed by atoms with Crippen molar-refractivity contribution in [1.82, 2.24) is 14.8 Å². The second kappa shape index (κ2) is 8.09. The number of pyridine rings is 1. The predicted molar refractivity (Wildman–Crippen MR) is 111 cm³/mol. The highest BCUT2D eigenvalue weighted by Gasteiger charge is 2.38. The van der Waals surface area contributed by atoms with Gasteiger partial charge in [0.15, 0.2) is 5.82 Å². The minimum Gasteiger partial charge on any atom is -0.481 e. The van der Waals surface area contributed by atoms with Gasteiger partial charge in [-0.15, -0.1) is 5.10 Å². The summed E-state index contributed by atoms with van der Waals surface area (Å²) in [5, 5.41) is 13.3.